The number of rotatable bonds is 6. The van der Waals surface area contributed by atoms with Gasteiger partial charge in [0.05, 0.1) is 31.8 Å². The van der Waals surface area contributed by atoms with Crippen molar-refractivity contribution >= 4 is 51.7 Å². The van der Waals surface area contributed by atoms with Crippen LogP contribution < -0.4 is 5.32 Å². The van der Waals surface area contributed by atoms with E-state index in [-0.39, 0.29) is 28.6 Å². The Bertz CT molecular complexity index is 983. The number of nitrogens with zero attached hydrogens (tertiary/aromatic N) is 1. The highest BCUT2D eigenvalue weighted by molar-refractivity contribution is 7.16. The van der Waals surface area contributed by atoms with Crippen LogP contribution in [-0.2, 0) is 6.54 Å². The van der Waals surface area contributed by atoms with E-state index in [0.717, 1.165) is 10.9 Å². The molecular weight excluding hydrogens is 396 g/mol. The van der Waals surface area contributed by atoms with Gasteiger partial charge < -0.3 is 5.32 Å². The molecule has 0 aliphatic carbocycles. The Kier molecular flexibility index (Phi) is 5.46. The molecule has 6 nitrogen and oxygen atoms in total. The van der Waals surface area contributed by atoms with Gasteiger partial charge in [-0.3, -0.25) is 19.7 Å². The van der Waals surface area contributed by atoms with Crippen molar-refractivity contribution < 1.29 is 14.5 Å². The summed E-state index contributed by atoms with van der Waals surface area (Å²) in [5.74, 6) is -0.481. The number of hydrogen-bond acceptors (Lipinski definition) is 6. The van der Waals surface area contributed by atoms with Crippen molar-refractivity contribution in [3.8, 4) is 0 Å². The molecule has 9 heteroatoms. The van der Waals surface area contributed by atoms with Crippen LogP contribution in [0, 0.1) is 10.1 Å². The molecule has 0 spiro atoms. The molecule has 1 N–H and O–H groups in total. The van der Waals surface area contributed by atoms with E-state index in [1.165, 1.54) is 34.8 Å². The monoisotopic (exact) mass is 406 g/mol. The van der Waals surface area contributed by atoms with Crippen LogP contribution in [0.2, 0.25) is 5.02 Å². The fourth-order valence-electron chi connectivity index (χ4n) is 2.19. The van der Waals surface area contributed by atoms with Crippen molar-refractivity contribution in [1.29, 1.82) is 0 Å². The number of benzene rings is 1. The first-order valence-corrected chi connectivity index (χ1v) is 9.42. The quantitative estimate of drug-likeness (QED) is 0.370. The van der Waals surface area contributed by atoms with Crippen molar-refractivity contribution in [1.82, 2.24) is 5.32 Å². The van der Waals surface area contributed by atoms with Crippen LogP contribution in [-0.4, -0.2) is 16.6 Å². The van der Waals surface area contributed by atoms with Gasteiger partial charge in [-0.2, -0.15) is 0 Å². The van der Waals surface area contributed by atoms with Crippen molar-refractivity contribution in [3.05, 3.63) is 83.2 Å². The fourth-order valence-corrected chi connectivity index (χ4v) is 4.09. The second-order valence-electron chi connectivity index (χ2n) is 5.18. The first kappa shape index (κ1) is 18.2. The fraction of sp³-hybridized carbons (Fsp3) is 0.0588. The summed E-state index contributed by atoms with van der Waals surface area (Å²) in [5.41, 5.74) is -0.0229. The average molecular weight is 407 g/mol. The molecule has 0 saturated heterocycles. The maximum atomic E-state index is 12.3. The lowest BCUT2D eigenvalue weighted by Gasteiger charge is -2.05. The Morgan fingerprint density at radius 2 is 1.96 bits per heavy atom. The molecule has 0 bridgehead atoms. The molecule has 3 aromatic rings. The van der Waals surface area contributed by atoms with E-state index < -0.39 is 10.8 Å². The highest BCUT2D eigenvalue weighted by Crippen LogP contribution is 2.24. The molecule has 26 heavy (non-hydrogen) atoms. The van der Waals surface area contributed by atoms with Gasteiger partial charge >= 0.3 is 0 Å². The summed E-state index contributed by atoms with van der Waals surface area (Å²) in [5, 5.41) is 15.3. The molecule has 0 radical (unpaired) electrons. The topological polar surface area (TPSA) is 89.3 Å². The molecular formula is C17H11ClN2O4S2. The normalized spacial score (nSPS) is 10.5. The number of nitro benzene ring substituents is 1. The van der Waals surface area contributed by atoms with E-state index in [2.05, 4.69) is 5.32 Å². The maximum absolute atomic E-state index is 12.3. The summed E-state index contributed by atoms with van der Waals surface area (Å²) in [6.45, 7) is 0.231. The highest BCUT2D eigenvalue weighted by atomic mass is 35.5. The van der Waals surface area contributed by atoms with Crippen molar-refractivity contribution in [2.75, 3.05) is 0 Å². The maximum Gasteiger partial charge on any atom is 0.270 e. The molecule has 0 unspecified atom stereocenters. The van der Waals surface area contributed by atoms with Gasteiger partial charge in [-0.05, 0) is 29.6 Å². The molecule has 3 rings (SSSR count). The molecule has 132 valence electrons. The smallest absolute Gasteiger partial charge is 0.270 e. The number of thiophene rings is 2. The summed E-state index contributed by atoms with van der Waals surface area (Å²) in [6, 6.07) is 10.8. The van der Waals surface area contributed by atoms with Crippen molar-refractivity contribution in [2.45, 2.75) is 6.54 Å². The van der Waals surface area contributed by atoms with Crippen LogP contribution in [0.4, 0.5) is 5.69 Å². The van der Waals surface area contributed by atoms with E-state index >= 15 is 0 Å². The Balaban J connectivity index is 1.65. The van der Waals surface area contributed by atoms with Gasteiger partial charge in [-0.25, -0.2) is 0 Å². The molecule has 0 aliphatic heterocycles. The summed E-state index contributed by atoms with van der Waals surface area (Å²) in [6.07, 6.45) is 0. The molecule has 2 aromatic heterocycles. The summed E-state index contributed by atoms with van der Waals surface area (Å²) in [7, 11) is 0. The van der Waals surface area contributed by atoms with Gasteiger partial charge in [-0.1, -0.05) is 17.7 Å². The highest BCUT2D eigenvalue weighted by Gasteiger charge is 2.16. The number of carbonyl (C=O) groups excluding carboxylic acids is 2. The van der Waals surface area contributed by atoms with Gasteiger partial charge in [0.15, 0.2) is 0 Å². The number of hydrogen-bond donors (Lipinski definition) is 1. The zero-order valence-electron chi connectivity index (χ0n) is 13.1. The number of nitro groups is 1. The number of amides is 1. The molecule has 0 aliphatic rings. The number of nitrogens with one attached hydrogen (secondary N) is 1. The number of non-ortho nitro benzene ring substituents is 1. The second kappa shape index (κ2) is 7.77. The summed E-state index contributed by atoms with van der Waals surface area (Å²) in [4.78, 5) is 36.7. The van der Waals surface area contributed by atoms with E-state index in [4.69, 9.17) is 11.6 Å². The Morgan fingerprint density at radius 3 is 2.62 bits per heavy atom. The first-order valence-electron chi connectivity index (χ1n) is 7.35. The van der Waals surface area contributed by atoms with Crippen LogP contribution in [0.5, 0.6) is 0 Å². The average Bonchev–Trinajstić information content (AvgIpc) is 3.30. The lowest BCUT2D eigenvalue weighted by atomic mass is 10.2. The number of carbonyl (C=O) groups is 2. The summed E-state index contributed by atoms with van der Waals surface area (Å²) < 4.78 is 0. The van der Waals surface area contributed by atoms with Gasteiger partial charge in [0, 0.05) is 17.0 Å². The molecule has 0 fully saturated rings. The zero-order chi connectivity index (χ0) is 18.7. The van der Waals surface area contributed by atoms with Crippen molar-refractivity contribution in [2.24, 2.45) is 0 Å². The standard InChI is InChI=1S/C17H11ClN2O4S2/c18-13-8-10(20(23)24)3-5-12(13)17(22)19-9-11-4-6-15(26-11)16(21)14-2-1-7-25-14/h1-8H,9H2,(H,19,22). The van der Waals surface area contributed by atoms with E-state index in [1.54, 1.807) is 18.2 Å². The van der Waals surface area contributed by atoms with E-state index in [1.807, 2.05) is 11.4 Å². The predicted molar refractivity (Wildman–Crippen MR) is 101 cm³/mol. The minimum Gasteiger partial charge on any atom is -0.347 e. The van der Waals surface area contributed by atoms with Crippen LogP contribution in [0.25, 0.3) is 0 Å². The second-order valence-corrected chi connectivity index (χ2v) is 7.70. The lowest BCUT2D eigenvalue weighted by molar-refractivity contribution is -0.384. The SMILES string of the molecule is O=C(c1cccs1)c1ccc(CNC(=O)c2ccc([N+](=O)[O-])cc2Cl)s1. The van der Waals surface area contributed by atoms with Crippen molar-refractivity contribution in [3.63, 3.8) is 0 Å². The van der Waals surface area contributed by atoms with Gasteiger partial charge in [0.2, 0.25) is 5.78 Å². The van der Waals surface area contributed by atoms with Gasteiger partial charge in [-0.15, -0.1) is 22.7 Å². The molecule has 1 aromatic carbocycles. The number of ketones is 1. The van der Waals surface area contributed by atoms with Gasteiger partial charge in [0.25, 0.3) is 11.6 Å². The summed E-state index contributed by atoms with van der Waals surface area (Å²) >= 11 is 8.63. The predicted octanol–water partition coefficient (Wildman–Crippen LogP) is 4.53. The lowest BCUT2D eigenvalue weighted by Crippen LogP contribution is -2.22. The van der Waals surface area contributed by atoms with Crippen LogP contribution in [0.1, 0.15) is 29.8 Å². The minimum absolute atomic E-state index is 0.0106. The Labute approximate surface area is 161 Å². The molecule has 0 atom stereocenters. The molecule has 2 heterocycles. The third-order valence-electron chi connectivity index (χ3n) is 3.46. The third-order valence-corrected chi connectivity index (χ3v) is 5.73. The zero-order valence-corrected chi connectivity index (χ0v) is 15.5. The number of halogens is 1. The van der Waals surface area contributed by atoms with Crippen LogP contribution in [0.3, 0.4) is 0 Å². The largest absolute Gasteiger partial charge is 0.347 e. The molecule has 1 amide bonds. The molecule has 0 saturated carbocycles. The van der Waals surface area contributed by atoms with Crippen LogP contribution in [0.15, 0.2) is 47.8 Å². The van der Waals surface area contributed by atoms with Gasteiger partial charge in [0.1, 0.15) is 0 Å². The minimum atomic E-state index is -0.578. The Hall–Kier alpha value is -2.55. The Morgan fingerprint density at radius 1 is 1.15 bits per heavy atom. The third kappa shape index (κ3) is 3.98. The van der Waals surface area contributed by atoms with E-state index in [0.29, 0.717) is 9.75 Å². The first-order chi connectivity index (χ1) is 12.5. The van der Waals surface area contributed by atoms with E-state index in [9.17, 15) is 19.7 Å². The van der Waals surface area contributed by atoms with Crippen LogP contribution >= 0.6 is 34.3 Å².